The monoisotopic (exact) mass is 381 g/mol. The van der Waals surface area contributed by atoms with Gasteiger partial charge in [0, 0.05) is 19.0 Å². The lowest BCUT2D eigenvalue weighted by Crippen LogP contribution is -2.28. The first-order valence-corrected chi connectivity index (χ1v) is 8.35. The Morgan fingerprint density at radius 3 is 2.60 bits per heavy atom. The maximum Gasteiger partial charge on any atom is 0.292 e. The van der Waals surface area contributed by atoms with Crippen LogP contribution in [0.25, 0.3) is 0 Å². The molecule has 2 rings (SSSR count). The van der Waals surface area contributed by atoms with Gasteiger partial charge in [0.15, 0.2) is 0 Å². The van der Waals surface area contributed by atoms with Gasteiger partial charge >= 0.3 is 0 Å². The number of nitrogens with one attached hydrogen (secondary N) is 2. The number of nitro benzene ring substituents is 1. The number of amides is 1. The van der Waals surface area contributed by atoms with Crippen molar-refractivity contribution in [3.05, 3.63) is 68.2 Å². The molecule has 1 atom stereocenters. The van der Waals surface area contributed by atoms with Crippen molar-refractivity contribution in [2.24, 2.45) is 0 Å². The van der Waals surface area contributed by atoms with Gasteiger partial charge in [-0.1, -0.05) is 41.4 Å². The van der Waals surface area contributed by atoms with E-state index in [4.69, 9.17) is 23.2 Å². The molecule has 0 radical (unpaired) electrons. The van der Waals surface area contributed by atoms with Gasteiger partial charge in [-0.05, 0) is 30.7 Å². The number of nitro groups is 1. The van der Waals surface area contributed by atoms with Gasteiger partial charge in [0.05, 0.1) is 21.0 Å². The summed E-state index contributed by atoms with van der Waals surface area (Å²) in [5, 5.41) is 17.6. The summed E-state index contributed by atoms with van der Waals surface area (Å²) < 4.78 is 0. The molecule has 0 bridgehead atoms. The zero-order valence-corrected chi connectivity index (χ0v) is 15.0. The third-order valence-electron chi connectivity index (χ3n) is 3.59. The first-order valence-electron chi connectivity index (χ1n) is 7.60. The van der Waals surface area contributed by atoms with Crippen molar-refractivity contribution >= 4 is 40.5 Å². The zero-order chi connectivity index (χ0) is 18.4. The van der Waals surface area contributed by atoms with Gasteiger partial charge in [-0.25, -0.2) is 0 Å². The molecular weight excluding hydrogens is 365 g/mol. The summed E-state index contributed by atoms with van der Waals surface area (Å²) in [7, 11) is 0. The van der Waals surface area contributed by atoms with Crippen molar-refractivity contribution in [3.63, 3.8) is 0 Å². The number of rotatable bonds is 7. The van der Waals surface area contributed by atoms with Gasteiger partial charge in [0.1, 0.15) is 5.69 Å². The maximum absolute atomic E-state index is 12.0. The Morgan fingerprint density at radius 2 is 1.92 bits per heavy atom. The number of carbonyl (C=O) groups excluding carboxylic acids is 1. The van der Waals surface area contributed by atoms with Crippen LogP contribution in [0.1, 0.15) is 24.9 Å². The Balaban J connectivity index is 1.86. The summed E-state index contributed by atoms with van der Waals surface area (Å²) >= 11 is 11.9. The first-order chi connectivity index (χ1) is 11.9. The van der Waals surface area contributed by atoms with Crippen molar-refractivity contribution in [1.29, 1.82) is 0 Å². The largest absolute Gasteiger partial charge is 0.379 e. The van der Waals surface area contributed by atoms with Crippen molar-refractivity contribution in [2.45, 2.75) is 19.4 Å². The SMILES string of the molecule is CC(NC(=O)CCNc1ccccc1[N+](=O)[O-])c1ccc(Cl)c(Cl)c1. The number of para-hydroxylation sites is 2. The molecule has 0 saturated heterocycles. The number of benzene rings is 2. The maximum atomic E-state index is 12.0. The van der Waals surface area contributed by atoms with Gasteiger partial charge in [0.2, 0.25) is 5.91 Å². The van der Waals surface area contributed by atoms with Crippen LogP contribution in [-0.2, 0) is 4.79 Å². The van der Waals surface area contributed by atoms with Crippen LogP contribution in [-0.4, -0.2) is 17.4 Å². The van der Waals surface area contributed by atoms with E-state index < -0.39 is 4.92 Å². The number of carbonyl (C=O) groups is 1. The summed E-state index contributed by atoms with van der Waals surface area (Å²) in [6, 6.07) is 11.3. The van der Waals surface area contributed by atoms with Crippen LogP contribution < -0.4 is 10.6 Å². The summed E-state index contributed by atoms with van der Waals surface area (Å²) in [5.41, 5.74) is 1.21. The Bertz CT molecular complexity index is 783. The third kappa shape index (κ3) is 5.34. The van der Waals surface area contributed by atoms with E-state index in [1.54, 1.807) is 36.4 Å². The second-order valence-electron chi connectivity index (χ2n) is 5.41. The quantitative estimate of drug-likeness (QED) is 0.542. The fraction of sp³-hybridized carbons (Fsp3) is 0.235. The van der Waals surface area contributed by atoms with Crippen molar-refractivity contribution in [3.8, 4) is 0 Å². The van der Waals surface area contributed by atoms with Crippen LogP contribution in [0.2, 0.25) is 10.0 Å². The Kier molecular flexibility index (Phi) is 6.61. The zero-order valence-electron chi connectivity index (χ0n) is 13.5. The van der Waals surface area contributed by atoms with E-state index in [2.05, 4.69) is 10.6 Å². The lowest BCUT2D eigenvalue weighted by molar-refractivity contribution is -0.384. The summed E-state index contributed by atoms with van der Waals surface area (Å²) in [5.74, 6) is -0.176. The number of hydrogen-bond acceptors (Lipinski definition) is 4. The van der Waals surface area contributed by atoms with Crippen LogP contribution in [0.5, 0.6) is 0 Å². The van der Waals surface area contributed by atoms with Gasteiger partial charge < -0.3 is 10.6 Å². The molecule has 0 aliphatic carbocycles. The van der Waals surface area contributed by atoms with Crippen LogP contribution in [0.3, 0.4) is 0 Å². The molecule has 2 N–H and O–H groups in total. The summed E-state index contributed by atoms with van der Waals surface area (Å²) in [4.78, 5) is 22.5. The van der Waals surface area contributed by atoms with E-state index in [0.717, 1.165) is 5.56 Å². The molecule has 8 heteroatoms. The molecule has 1 unspecified atom stereocenters. The summed E-state index contributed by atoms with van der Waals surface area (Å²) in [6.45, 7) is 2.12. The van der Waals surface area contributed by atoms with Crippen LogP contribution in [0.15, 0.2) is 42.5 Å². The molecule has 0 saturated carbocycles. The molecule has 0 heterocycles. The van der Waals surface area contributed by atoms with E-state index in [1.807, 2.05) is 6.92 Å². The van der Waals surface area contributed by atoms with Crippen LogP contribution in [0, 0.1) is 10.1 Å². The van der Waals surface area contributed by atoms with Gasteiger partial charge in [0.25, 0.3) is 5.69 Å². The van der Waals surface area contributed by atoms with Crippen LogP contribution in [0.4, 0.5) is 11.4 Å². The Morgan fingerprint density at radius 1 is 1.20 bits per heavy atom. The fourth-order valence-corrected chi connectivity index (χ4v) is 2.58. The average molecular weight is 382 g/mol. The van der Waals surface area contributed by atoms with E-state index in [-0.39, 0.29) is 30.6 Å². The molecule has 0 aromatic heterocycles. The minimum absolute atomic E-state index is 0.0212. The highest BCUT2D eigenvalue weighted by molar-refractivity contribution is 6.42. The molecule has 2 aromatic carbocycles. The highest BCUT2D eigenvalue weighted by Gasteiger charge is 2.13. The first kappa shape index (κ1) is 19.0. The lowest BCUT2D eigenvalue weighted by atomic mass is 10.1. The minimum atomic E-state index is -0.464. The number of halogens is 2. The molecule has 0 fully saturated rings. The predicted octanol–water partition coefficient (Wildman–Crippen LogP) is 4.58. The molecular formula is C17H17Cl2N3O3. The number of anilines is 1. The highest BCUT2D eigenvalue weighted by atomic mass is 35.5. The standard InChI is InChI=1S/C17H17Cl2N3O3/c1-11(12-6-7-13(18)14(19)10-12)21-17(23)8-9-20-15-4-2-3-5-16(15)22(24)25/h2-7,10-11,20H,8-9H2,1H3,(H,21,23). The fourth-order valence-electron chi connectivity index (χ4n) is 2.27. The predicted molar refractivity (Wildman–Crippen MR) is 99.2 cm³/mol. The van der Waals surface area contributed by atoms with E-state index >= 15 is 0 Å². The van der Waals surface area contributed by atoms with Gasteiger partial charge in [-0.3, -0.25) is 14.9 Å². The molecule has 2 aromatic rings. The molecule has 0 aliphatic rings. The van der Waals surface area contributed by atoms with Gasteiger partial charge in [-0.15, -0.1) is 0 Å². The number of nitrogens with zero attached hydrogens (tertiary/aromatic N) is 1. The van der Waals surface area contributed by atoms with Crippen molar-refractivity contribution < 1.29 is 9.72 Å². The number of hydrogen-bond donors (Lipinski definition) is 2. The molecule has 0 aliphatic heterocycles. The second-order valence-corrected chi connectivity index (χ2v) is 6.23. The summed E-state index contributed by atoms with van der Waals surface area (Å²) in [6.07, 6.45) is 0.178. The Hall–Kier alpha value is -2.31. The third-order valence-corrected chi connectivity index (χ3v) is 4.33. The molecule has 132 valence electrons. The van der Waals surface area contributed by atoms with Crippen molar-refractivity contribution in [1.82, 2.24) is 5.32 Å². The minimum Gasteiger partial charge on any atom is -0.379 e. The lowest BCUT2D eigenvalue weighted by Gasteiger charge is -2.15. The second kappa shape index (κ2) is 8.69. The smallest absolute Gasteiger partial charge is 0.292 e. The molecule has 0 spiro atoms. The molecule has 25 heavy (non-hydrogen) atoms. The van der Waals surface area contributed by atoms with E-state index in [9.17, 15) is 14.9 Å². The van der Waals surface area contributed by atoms with Crippen molar-refractivity contribution in [2.75, 3.05) is 11.9 Å². The van der Waals surface area contributed by atoms with Crippen LogP contribution >= 0.6 is 23.2 Å². The average Bonchev–Trinajstić information content (AvgIpc) is 2.57. The highest BCUT2D eigenvalue weighted by Crippen LogP contribution is 2.26. The van der Waals surface area contributed by atoms with E-state index in [1.165, 1.54) is 6.07 Å². The normalized spacial score (nSPS) is 11.6. The van der Waals surface area contributed by atoms with Gasteiger partial charge in [-0.2, -0.15) is 0 Å². The topological polar surface area (TPSA) is 84.3 Å². The Labute approximate surface area is 155 Å². The van der Waals surface area contributed by atoms with E-state index in [0.29, 0.717) is 15.7 Å². The molecule has 1 amide bonds. The molecule has 6 nitrogen and oxygen atoms in total.